The van der Waals surface area contributed by atoms with Crippen LogP contribution in [-0.2, 0) is 14.3 Å². The number of benzene rings is 2. The molecule has 0 fully saturated rings. The maximum absolute atomic E-state index is 12.8. The molecular weight excluding hydrogens is 460 g/mol. The first-order valence-electron chi connectivity index (χ1n) is 10.9. The minimum atomic E-state index is -0.902. The van der Waals surface area contributed by atoms with Crippen LogP contribution in [0.2, 0.25) is 0 Å². The normalized spacial score (nSPS) is 13.8. The number of rotatable bonds is 11. The van der Waals surface area contributed by atoms with Crippen molar-refractivity contribution in [3.63, 3.8) is 0 Å². The predicted molar refractivity (Wildman–Crippen MR) is 124 cm³/mol. The highest BCUT2D eigenvalue weighted by atomic mass is 16.7. The first kappa shape index (κ1) is 25.7. The van der Waals surface area contributed by atoms with Crippen LogP contribution in [0, 0.1) is 0 Å². The highest BCUT2D eigenvalue weighted by Gasteiger charge is 2.28. The second-order valence-corrected chi connectivity index (χ2v) is 7.40. The molecule has 0 unspecified atom stereocenters. The van der Waals surface area contributed by atoms with Gasteiger partial charge in [-0.3, -0.25) is 15.3 Å². The van der Waals surface area contributed by atoms with Crippen molar-refractivity contribution in [1.82, 2.24) is 5.48 Å². The third-order valence-corrected chi connectivity index (χ3v) is 5.10. The molecule has 1 aliphatic heterocycles. The minimum absolute atomic E-state index is 0.108. The second kappa shape index (κ2) is 12.5. The largest absolute Gasteiger partial charge is 0.504 e. The Kier molecular flexibility index (Phi) is 9.16. The number of allylic oxidation sites excluding steroid dienone is 1. The van der Waals surface area contributed by atoms with Crippen LogP contribution in [0.1, 0.15) is 31.4 Å². The smallest absolute Gasteiger partial charge is 0.412 e. The lowest BCUT2D eigenvalue weighted by Gasteiger charge is -2.27. The lowest BCUT2D eigenvalue weighted by atomic mass is 9.99. The van der Waals surface area contributed by atoms with Gasteiger partial charge in [-0.15, -0.1) is 0 Å². The summed E-state index contributed by atoms with van der Waals surface area (Å²) in [6, 6.07) is 9.62. The lowest BCUT2D eigenvalue weighted by Crippen LogP contribution is -2.29. The molecule has 2 amide bonds. The molecule has 1 aliphatic rings. The van der Waals surface area contributed by atoms with Crippen molar-refractivity contribution in [3.8, 4) is 23.0 Å². The van der Waals surface area contributed by atoms with Gasteiger partial charge in [-0.1, -0.05) is 12.1 Å². The van der Waals surface area contributed by atoms with Crippen LogP contribution in [0.3, 0.4) is 0 Å². The molecule has 4 N–H and O–H groups in total. The van der Waals surface area contributed by atoms with Crippen molar-refractivity contribution < 1.29 is 43.6 Å². The van der Waals surface area contributed by atoms with Gasteiger partial charge < -0.3 is 28.8 Å². The number of phenols is 1. The molecule has 2 aromatic rings. The van der Waals surface area contributed by atoms with Gasteiger partial charge in [-0.25, -0.2) is 10.3 Å². The number of phenolic OH excluding ortho intramolecular Hbond substituents is 1. The van der Waals surface area contributed by atoms with E-state index in [9.17, 15) is 14.7 Å². The van der Waals surface area contributed by atoms with Crippen LogP contribution >= 0.6 is 0 Å². The summed E-state index contributed by atoms with van der Waals surface area (Å²) in [6.45, 7) is 2.24. The van der Waals surface area contributed by atoms with E-state index in [-0.39, 0.29) is 18.3 Å². The van der Waals surface area contributed by atoms with Crippen molar-refractivity contribution in [2.24, 2.45) is 0 Å². The van der Waals surface area contributed by atoms with Gasteiger partial charge in [0.15, 0.2) is 29.1 Å². The zero-order valence-electron chi connectivity index (χ0n) is 19.4. The van der Waals surface area contributed by atoms with Gasteiger partial charge in [0.25, 0.3) is 5.91 Å². The van der Waals surface area contributed by atoms with E-state index >= 15 is 0 Å². The Morgan fingerprint density at radius 3 is 2.69 bits per heavy atom. The van der Waals surface area contributed by atoms with Crippen molar-refractivity contribution in [2.75, 3.05) is 25.8 Å². The molecule has 0 saturated carbocycles. The van der Waals surface area contributed by atoms with E-state index < -0.39 is 24.2 Å². The van der Waals surface area contributed by atoms with E-state index in [1.54, 1.807) is 43.3 Å². The fourth-order valence-corrected chi connectivity index (χ4v) is 3.50. The number of amides is 2. The molecule has 3 rings (SSSR count). The Labute approximate surface area is 202 Å². The van der Waals surface area contributed by atoms with Crippen molar-refractivity contribution in [3.05, 3.63) is 54.1 Å². The monoisotopic (exact) mass is 488 g/mol. The first-order valence-corrected chi connectivity index (χ1v) is 10.9. The molecule has 11 nitrogen and oxygen atoms in total. The average Bonchev–Trinajstić information content (AvgIpc) is 3.32. The maximum Gasteiger partial charge on any atom is 0.412 e. The number of hydroxylamine groups is 1. The lowest BCUT2D eigenvalue weighted by molar-refractivity contribution is -0.124. The van der Waals surface area contributed by atoms with Crippen LogP contribution in [0.5, 0.6) is 23.0 Å². The predicted octanol–water partition coefficient (Wildman–Crippen LogP) is 3.67. The number of carbonyl (C=O) groups is 2. The topological polar surface area (TPSA) is 145 Å². The molecular formula is C24H28N2O9. The van der Waals surface area contributed by atoms with Gasteiger partial charge in [-0.05, 0) is 49.6 Å². The quantitative estimate of drug-likeness (QED) is 0.211. The van der Waals surface area contributed by atoms with Gasteiger partial charge >= 0.3 is 6.09 Å². The van der Waals surface area contributed by atoms with Gasteiger partial charge in [-0.2, -0.15) is 0 Å². The summed E-state index contributed by atoms with van der Waals surface area (Å²) >= 11 is 0. The number of aromatic hydroxyl groups is 1. The number of fused-ring (bicyclic) bond motifs is 1. The molecule has 2 aromatic carbocycles. The Morgan fingerprint density at radius 1 is 1.17 bits per heavy atom. The number of nitrogens with one attached hydrogen (secondary N) is 2. The fraction of sp³-hybridized carbons (Fsp3) is 0.333. The second-order valence-electron chi connectivity index (χ2n) is 7.40. The van der Waals surface area contributed by atoms with Crippen molar-refractivity contribution in [1.29, 1.82) is 0 Å². The first-order chi connectivity index (χ1) is 16.9. The maximum atomic E-state index is 12.8. The standard InChI is InChI=1S/C24H28N2O9/c1-3-32-20(6-4-5-7-22(28)26-30)23(15-8-10-18(31-2)17(27)12-15)35-24(29)25-16-9-11-19-21(13-16)34-14-33-19/h5,7-13,20,23,27,30H,3-4,6,14H2,1-2H3,(H,25,29)(H,26,28)/b7-5+/t20-,23-/m0/s1. The van der Waals surface area contributed by atoms with E-state index in [1.165, 1.54) is 24.7 Å². The Balaban J connectivity index is 1.80. The Hall–Kier alpha value is -3.96. The number of hydrogen-bond acceptors (Lipinski definition) is 9. The summed E-state index contributed by atoms with van der Waals surface area (Å²) in [5, 5.41) is 21.6. The molecule has 0 spiro atoms. The van der Waals surface area contributed by atoms with E-state index in [4.69, 9.17) is 28.9 Å². The van der Waals surface area contributed by atoms with E-state index in [1.807, 2.05) is 0 Å². The third-order valence-electron chi connectivity index (χ3n) is 5.10. The Morgan fingerprint density at radius 2 is 1.97 bits per heavy atom. The summed E-state index contributed by atoms with van der Waals surface area (Å²) in [6.07, 6.45) is 1.25. The zero-order valence-corrected chi connectivity index (χ0v) is 19.4. The molecule has 2 atom stereocenters. The van der Waals surface area contributed by atoms with Crippen LogP contribution in [-0.4, -0.2) is 48.9 Å². The SMILES string of the molecule is CCO[C@@H](CC/C=C/C(=O)NO)[C@@H](OC(=O)Nc1ccc2c(c1)OCO2)c1ccc(OC)c(O)c1. The van der Waals surface area contributed by atoms with Crippen molar-refractivity contribution >= 4 is 17.7 Å². The minimum Gasteiger partial charge on any atom is -0.504 e. The number of carbonyl (C=O) groups excluding carboxylic acids is 2. The highest BCUT2D eigenvalue weighted by Crippen LogP contribution is 2.36. The fourth-order valence-electron chi connectivity index (χ4n) is 3.50. The third kappa shape index (κ3) is 7.01. The zero-order chi connectivity index (χ0) is 25.2. The van der Waals surface area contributed by atoms with Gasteiger partial charge in [0, 0.05) is 24.4 Å². The van der Waals surface area contributed by atoms with E-state index in [0.29, 0.717) is 42.2 Å². The highest BCUT2D eigenvalue weighted by molar-refractivity contribution is 5.86. The van der Waals surface area contributed by atoms with Crippen LogP contribution in [0.25, 0.3) is 0 Å². The molecule has 11 heteroatoms. The van der Waals surface area contributed by atoms with Gasteiger partial charge in [0.1, 0.15) is 0 Å². The Bertz CT molecular complexity index is 1060. The summed E-state index contributed by atoms with van der Waals surface area (Å²) in [7, 11) is 1.43. The number of anilines is 1. The number of methoxy groups -OCH3 is 1. The molecule has 0 aliphatic carbocycles. The van der Waals surface area contributed by atoms with Crippen LogP contribution in [0.4, 0.5) is 10.5 Å². The van der Waals surface area contributed by atoms with Crippen LogP contribution < -0.4 is 25.0 Å². The molecule has 1 heterocycles. The molecule has 0 aromatic heterocycles. The summed E-state index contributed by atoms with van der Waals surface area (Å²) in [4.78, 5) is 24.0. The van der Waals surface area contributed by atoms with E-state index in [0.717, 1.165) is 0 Å². The van der Waals surface area contributed by atoms with Gasteiger partial charge in [0.05, 0.1) is 13.2 Å². The number of ether oxygens (including phenoxy) is 5. The molecule has 0 radical (unpaired) electrons. The van der Waals surface area contributed by atoms with Crippen LogP contribution in [0.15, 0.2) is 48.6 Å². The summed E-state index contributed by atoms with van der Waals surface area (Å²) < 4.78 is 27.3. The molecule has 0 bridgehead atoms. The van der Waals surface area contributed by atoms with Gasteiger partial charge in [0.2, 0.25) is 6.79 Å². The van der Waals surface area contributed by atoms with Crippen molar-refractivity contribution in [2.45, 2.75) is 32.0 Å². The summed E-state index contributed by atoms with van der Waals surface area (Å²) in [5.74, 6) is 0.571. The molecule has 188 valence electrons. The summed E-state index contributed by atoms with van der Waals surface area (Å²) in [5.41, 5.74) is 2.45. The average molecular weight is 488 g/mol. The van der Waals surface area contributed by atoms with E-state index in [2.05, 4.69) is 5.32 Å². The molecule has 35 heavy (non-hydrogen) atoms. The number of hydrogen-bond donors (Lipinski definition) is 4. The molecule has 0 saturated heterocycles.